The molecular weight excluding hydrogens is 703 g/mol. The maximum Gasteiger partial charge on any atom is 0.242 e. The van der Waals surface area contributed by atoms with Gasteiger partial charge in [-0.2, -0.15) is 0 Å². The highest BCUT2D eigenvalue weighted by Gasteiger charge is 2.40. The fraction of sp³-hybridized carbons (Fsp3) is 0.585. The second kappa shape index (κ2) is 28.6. The average Bonchev–Trinajstić information content (AvgIpc) is 3.53. The lowest BCUT2D eigenvalue weighted by molar-refractivity contribution is -0.132. The van der Waals surface area contributed by atoms with Gasteiger partial charge in [0.1, 0.15) is 12.1 Å². The quantitative estimate of drug-likeness (QED) is 0.0775. The van der Waals surface area contributed by atoms with Gasteiger partial charge in [-0.25, -0.2) is 0 Å². The number of carbonyl (C=O) groups excluding carboxylic acids is 5. The maximum atomic E-state index is 13.9. The number of likely N-dealkylation sites (tertiary alicyclic amines) is 1. The van der Waals surface area contributed by atoms with E-state index >= 15 is 0 Å². The molecule has 4 atom stereocenters. The zero-order chi connectivity index (χ0) is 41.1. The summed E-state index contributed by atoms with van der Waals surface area (Å²) in [5, 5.41) is 13.9. The van der Waals surface area contributed by atoms with E-state index in [2.05, 4.69) is 84.2 Å². The van der Waals surface area contributed by atoms with E-state index in [1.54, 1.807) is 24.1 Å². The molecular formula is C41H69N7O5S. The molecule has 7 N–H and O–H groups in total. The van der Waals surface area contributed by atoms with Gasteiger partial charge >= 0.3 is 0 Å². The first-order valence-electron chi connectivity index (χ1n) is 19.0. The van der Waals surface area contributed by atoms with E-state index in [0.29, 0.717) is 38.0 Å². The van der Waals surface area contributed by atoms with Crippen molar-refractivity contribution in [1.82, 2.24) is 31.5 Å². The molecule has 2 aromatic rings. The average molecular weight is 772 g/mol. The Balaban J connectivity index is 0.00000168. The molecule has 2 aromatic carbocycles. The van der Waals surface area contributed by atoms with Crippen molar-refractivity contribution in [2.45, 2.75) is 129 Å². The standard InChI is InChI=1S/C30H52N6O3S.C7H8.C2H3NO2.C2H6/c1-20-13-14-25(21(2)17-20)40-19-24(27(29(39)35-30(4,5)6)36-16-10-11-22(36)3)34-28(38)23(12-8-9-15-31)33-26(37)18-32-7;1-7-5-3-2-4-6-7;4-1-3-2-5;1-2/h13-14,17,22-24,27,32H,8-12,15-16,18-19,31H2,1-7H3,(H,33,37)(H,34,38)(H,35,39);2-6H,1H3;1-2H,(H,3,4,5);1-2H3. The number of aryl methyl sites for hydroxylation is 3. The minimum atomic E-state index is -0.705. The summed E-state index contributed by atoms with van der Waals surface area (Å²) in [5.74, 6) is -0.0901. The third kappa shape index (κ3) is 21.2. The van der Waals surface area contributed by atoms with Crippen LogP contribution in [0.1, 0.15) is 90.3 Å². The summed E-state index contributed by atoms with van der Waals surface area (Å²) >= 11 is 1.65. The Morgan fingerprint density at radius 2 is 1.59 bits per heavy atom. The van der Waals surface area contributed by atoms with E-state index < -0.39 is 23.7 Å². The van der Waals surface area contributed by atoms with Crippen molar-refractivity contribution < 1.29 is 24.0 Å². The molecule has 1 aliphatic heterocycles. The van der Waals surface area contributed by atoms with Crippen LogP contribution < -0.4 is 32.3 Å². The molecule has 0 aromatic heterocycles. The third-order valence-electron chi connectivity index (χ3n) is 8.20. The van der Waals surface area contributed by atoms with Crippen LogP contribution in [-0.2, 0) is 24.0 Å². The van der Waals surface area contributed by atoms with Gasteiger partial charge in [0, 0.05) is 22.2 Å². The van der Waals surface area contributed by atoms with Crippen molar-refractivity contribution in [3.05, 3.63) is 65.2 Å². The Bertz CT molecular complexity index is 1370. The molecule has 54 heavy (non-hydrogen) atoms. The van der Waals surface area contributed by atoms with Gasteiger partial charge in [-0.3, -0.25) is 28.9 Å². The molecule has 304 valence electrons. The Labute approximate surface area is 329 Å². The summed E-state index contributed by atoms with van der Waals surface area (Å²) < 4.78 is 0. The number of imide groups is 1. The van der Waals surface area contributed by atoms with Crippen molar-refractivity contribution in [2.24, 2.45) is 5.73 Å². The number of unbranched alkanes of at least 4 members (excludes halogenated alkanes) is 1. The first kappa shape index (κ1) is 50.2. The molecule has 1 fully saturated rings. The van der Waals surface area contributed by atoms with E-state index in [1.165, 1.54) is 16.7 Å². The zero-order valence-corrected chi connectivity index (χ0v) is 35.2. The third-order valence-corrected chi connectivity index (χ3v) is 9.49. The van der Waals surface area contributed by atoms with Crippen molar-refractivity contribution in [2.75, 3.05) is 32.4 Å². The van der Waals surface area contributed by atoms with Crippen LogP contribution >= 0.6 is 11.8 Å². The van der Waals surface area contributed by atoms with Crippen LogP contribution in [0.15, 0.2) is 53.4 Å². The molecule has 0 saturated carbocycles. The molecule has 13 heteroatoms. The number of benzene rings is 2. The smallest absolute Gasteiger partial charge is 0.242 e. The number of rotatable bonds is 17. The molecule has 1 aliphatic rings. The predicted molar refractivity (Wildman–Crippen MR) is 222 cm³/mol. The van der Waals surface area contributed by atoms with Gasteiger partial charge in [0.25, 0.3) is 0 Å². The van der Waals surface area contributed by atoms with Crippen LogP contribution in [0.3, 0.4) is 0 Å². The summed E-state index contributed by atoms with van der Waals surface area (Å²) in [6.45, 7) is 19.7. The summed E-state index contributed by atoms with van der Waals surface area (Å²) in [4.78, 5) is 61.6. The fourth-order valence-corrected chi connectivity index (χ4v) is 6.82. The van der Waals surface area contributed by atoms with Crippen LogP contribution in [0, 0.1) is 20.8 Å². The second-order valence-electron chi connectivity index (χ2n) is 14.1. The van der Waals surface area contributed by atoms with E-state index in [1.807, 2.05) is 52.8 Å². The summed E-state index contributed by atoms with van der Waals surface area (Å²) in [5.41, 5.74) is 8.96. The van der Waals surface area contributed by atoms with Gasteiger partial charge in [0.15, 0.2) is 0 Å². The van der Waals surface area contributed by atoms with E-state index in [9.17, 15) is 14.4 Å². The highest BCUT2D eigenvalue weighted by atomic mass is 32.2. The van der Waals surface area contributed by atoms with Gasteiger partial charge in [0.05, 0.1) is 12.6 Å². The molecule has 12 nitrogen and oxygen atoms in total. The normalized spacial score (nSPS) is 15.2. The monoisotopic (exact) mass is 772 g/mol. The largest absolute Gasteiger partial charge is 0.350 e. The minimum absolute atomic E-state index is 0.0910. The Hall–Kier alpha value is -3.78. The highest BCUT2D eigenvalue weighted by molar-refractivity contribution is 7.99. The number of likely N-dealkylation sites (N-methyl/N-ethyl adjacent to an activating group) is 1. The van der Waals surface area contributed by atoms with Crippen LogP contribution in [0.25, 0.3) is 0 Å². The summed E-state index contributed by atoms with van der Waals surface area (Å²) in [7, 11) is 1.69. The Morgan fingerprint density at radius 1 is 0.944 bits per heavy atom. The molecule has 1 heterocycles. The molecule has 5 amide bonds. The van der Waals surface area contributed by atoms with Gasteiger partial charge in [-0.1, -0.05) is 67.4 Å². The number of carbonyl (C=O) groups is 5. The lowest BCUT2D eigenvalue weighted by atomic mass is 10.0. The predicted octanol–water partition coefficient (Wildman–Crippen LogP) is 4.39. The summed E-state index contributed by atoms with van der Waals surface area (Å²) in [6, 6.07) is 15.1. The van der Waals surface area contributed by atoms with Gasteiger partial charge in [-0.15, -0.1) is 11.8 Å². The molecule has 0 radical (unpaired) electrons. The van der Waals surface area contributed by atoms with Crippen LogP contribution in [0.5, 0.6) is 0 Å². The van der Waals surface area contributed by atoms with Crippen LogP contribution in [0.2, 0.25) is 0 Å². The van der Waals surface area contributed by atoms with Crippen LogP contribution in [0.4, 0.5) is 0 Å². The van der Waals surface area contributed by atoms with Crippen molar-refractivity contribution in [1.29, 1.82) is 0 Å². The number of amides is 5. The van der Waals surface area contributed by atoms with Gasteiger partial charge < -0.3 is 32.3 Å². The van der Waals surface area contributed by atoms with E-state index in [4.69, 9.17) is 15.3 Å². The van der Waals surface area contributed by atoms with Crippen molar-refractivity contribution in [3.63, 3.8) is 0 Å². The molecule has 0 aliphatic carbocycles. The first-order chi connectivity index (χ1) is 25.7. The zero-order valence-electron chi connectivity index (χ0n) is 34.4. The number of nitrogens with two attached hydrogens (primary N) is 1. The number of nitrogens with zero attached hydrogens (tertiary/aromatic N) is 1. The number of thioether (sulfide) groups is 1. The molecule has 4 unspecified atom stereocenters. The maximum absolute atomic E-state index is 13.9. The van der Waals surface area contributed by atoms with Crippen LogP contribution in [-0.4, -0.2) is 97.6 Å². The number of hydrogen-bond donors (Lipinski definition) is 6. The topological polar surface area (TPSA) is 175 Å². The number of nitrogens with one attached hydrogen (secondary N) is 5. The SMILES string of the molecule is CC.CNCC(=O)NC(CCCCN)C(=O)NC(CSc1ccc(C)cc1C)C(C(=O)NC(C)(C)C)N1CCCC1C.Cc1ccccc1.O=CNC=O. The Kier molecular flexibility index (Phi) is 26.6. The molecule has 0 bridgehead atoms. The lowest BCUT2D eigenvalue weighted by Crippen LogP contribution is -2.64. The van der Waals surface area contributed by atoms with E-state index in [0.717, 1.165) is 30.7 Å². The van der Waals surface area contributed by atoms with E-state index in [-0.39, 0.29) is 30.3 Å². The highest BCUT2D eigenvalue weighted by Crippen LogP contribution is 2.28. The van der Waals surface area contributed by atoms with Gasteiger partial charge in [-0.05, 0) is 112 Å². The first-order valence-corrected chi connectivity index (χ1v) is 20.0. The molecule has 1 saturated heterocycles. The lowest BCUT2D eigenvalue weighted by Gasteiger charge is -2.38. The molecule has 0 spiro atoms. The summed E-state index contributed by atoms with van der Waals surface area (Å²) in [6.07, 6.45) is 4.60. The molecule has 3 rings (SSSR count). The second-order valence-corrected chi connectivity index (χ2v) is 15.2. The van der Waals surface area contributed by atoms with Crippen molar-refractivity contribution in [3.8, 4) is 0 Å². The van der Waals surface area contributed by atoms with Gasteiger partial charge in [0.2, 0.25) is 30.5 Å². The number of hydrogen-bond acceptors (Lipinski definition) is 9. The fourth-order valence-electron chi connectivity index (χ4n) is 5.74. The van der Waals surface area contributed by atoms with Crippen molar-refractivity contribution >= 4 is 42.3 Å². The minimum Gasteiger partial charge on any atom is -0.350 e. The Morgan fingerprint density at radius 3 is 2.06 bits per heavy atom.